The first-order valence-corrected chi connectivity index (χ1v) is 11.5. The molecule has 0 spiro atoms. The molecule has 0 saturated heterocycles. The van der Waals surface area contributed by atoms with E-state index in [2.05, 4.69) is 10.0 Å². The van der Waals surface area contributed by atoms with Crippen molar-refractivity contribution in [3.05, 3.63) is 83.4 Å². The second-order valence-electron chi connectivity index (χ2n) is 6.88. The van der Waals surface area contributed by atoms with Crippen molar-refractivity contribution >= 4 is 33.2 Å². The zero-order chi connectivity index (χ0) is 23.1. The summed E-state index contributed by atoms with van der Waals surface area (Å²) in [5.41, 5.74) is 1.22. The van der Waals surface area contributed by atoms with Gasteiger partial charge in [-0.15, -0.1) is 0 Å². The fraction of sp³-hybridized carbons (Fsp3) is 0.174. The van der Waals surface area contributed by atoms with Crippen LogP contribution in [0.15, 0.2) is 77.7 Å². The van der Waals surface area contributed by atoms with Crippen LogP contribution in [0.4, 0.5) is 5.69 Å². The first-order valence-electron chi connectivity index (χ1n) is 9.67. The van der Waals surface area contributed by atoms with Gasteiger partial charge in [-0.1, -0.05) is 41.9 Å². The van der Waals surface area contributed by atoms with Crippen LogP contribution in [0.5, 0.6) is 11.5 Å². The third kappa shape index (κ3) is 6.00. The summed E-state index contributed by atoms with van der Waals surface area (Å²) in [5.74, 6) is 0.469. The van der Waals surface area contributed by atoms with Crippen LogP contribution >= 0.6 is 11.6 Å². The predicted octanol–water partition coefficient (Wildman–Crippen LogP) is 3.89. The van der Waals surface area contributed by atoms with Crippen LogP contribution in [-0.2, 0) is 21.2 Å². The van der Waals surface area contributed by atoms with E-state index in [0.29, 0.717) is 22.2 Å². The van der Waals surface area contributed by atoms with Crippen LogP contribution < -0.4 is 19.5 Å². The Balaban J connectivity index is 1.85. The number of halogens is 1. The maximum Gasteiger partial charge on any atom is 0.242 e. The van der Waals surface area contributed by atoms with Crippen LogP contribution in [0.2, 0.25) is 5.02 Å². The molecule has 3 rings (SSSR count). The topological polar surface area (TPSA) is 93.7 Å². The van der Waals surface area contributed by atoms with Crippen molar-refractivity contribution in [2.24, 2.45) is 0 Å². The molecule has 32 heavy (non-hydrogen) atoms. The third-order valence-electron chi connectivity index (χ3n) is 4.69. The highest BCUT2D eigenvalue weighted by Crippen LogP contribution is 2.27. The number of hydrogen-bond donors (Lipinski definition) is 2. The number of carbonyl (C=O) groups excluding carboxylic acids is 1. The summed E-state index contributed by atoms with van der Waals surface area (Å²) in [7, 11) is -0.990. The van der Waals surface area contributed by atoms with Crippen LogP contribution in [0.3, 0.4) is 0 Å². The molecule has 1 amide bonds. The average molecular weight is 475 g/mol. The van der Waals surface area contributed by atoms with Gasteiger partial charge in [-0.25, -0.2) is 8.42 Å². The highest BCUT2D eigenvalue weighted by Gasteiger charge is 2.26. The number of nitrogens with one attached hydrogen (secondary N) is 2. The van der Waals surface area contributed by atoms with Crippen molar-refractivity contribution in [2.75, 3.05) is 19.5 Å². The lowest BCUT2D eigenvalue weighted by Crippen LogP contribution is -2.45. The fourth-order valence-electron chi connectivity index (χ4n) is 3.02. The Morgan fingerprint density at radius 1 is 0.969 bits per heavy atom. The van der Waals surface area contributed by atoms with Crippen molar-refractivity contribution in [1.82, 2.24) is 4.72 Å². The van der Waals surface area contributed by atoms with E-state index in [-0.39, 0.29) is 11.3 Å². The highest BCUT2D eigenvalue weighted by molar-refractivity contribution is 7.89. The number of rotatable bonds is 9. The number of amides is 1. The Bertz CT molecular complexity index is 1170. The zero-order valence-electron chi connectivity index (χ0n) is 17.5. The van der Waals surface area contributed by atoms with E-state index in [0.717, 1.165) is 5.56 Å². The van der Waals surface area contributed by atoms with E-state index in [4.69, 9.17) is 21.1 Å². The molecular formula is C23H23ClN2O5S. The van der Waals surface area contributed by atoms with E-state index in [9.17, 15) is 13.2 Å². The van der Waals surface area contributed by atoms with E-state index in [1.165, 1.54) is 32.4 Å². The quantitative estimate of drug-likeness (QED) is 0.490. The predicted molar refractivity (Wildman–Crippen MR) is 124 cm³/mol. The van der Waals surface area contributed by atoms with Gasteiger partial charge in [0.15, 0.2) is 0 Å². The lowest BCUT2D eigenvalue weighted by Gasteiger charge is -2.19. The van der Waals surface area contributed by atoms with Gasteiger partial charge in [0, 0.05) is 5.69 Å². The molecule has 0 heterocycles. The van der Waals surface area contributed by atoms with Crippen molar-refractivity contribution in [2.45, 2.75) is 17.4 Å². The summed E-state index contributed by atoms with van der Waals surface area (Å²) in [6.07, 6.45) is 0.159. The molecule has 1 unspecified atom stereocenters. The maximum absolute atomic E-state index is 13.1. The number of methoxy groups -OCH3 is 2. The van der Waals surface area contributed by atoms with Crippen LogP contribution in [-0.4, -0.2) is 34.6 Å². The second-order valence-corrected chi connectivity index (χ2v) is 9.00. The largest absolute Gasteiger partial charge is 0.497 e. The average Bonchev–Trinajstić information content (AvgIpc) is 2.79. The summed E-state index contributed by atoms with van der Waals surface area (Å²) < 4.78 is 38.6. The Kier molecular flexibility index (Phi) is 7.74. The van der Waals surface area contributed by atoms with Gasteiger partial charge in [-0.3, -0.25) is 4.79 Å². The summed E-state index contributed by atoms with van der Waals surface area (Å²) in [4.78, 5) is 13.1. The number of ether oxygens (including phenoxy) is 2. The molecule has 0 radical (unpaired) electrons. The second kappa shape index (κ2) is 10.5. The van der Waals surface area contributed by atoms with Crippen LogP contribution in [0.1, 0.15) is 5.56 Å². The molecule has 7 nitrogen and oxygen atoms in total. The van der Waals surface area contributed by atoms with Crippen molar-refractivity contribution in [1.29, 1.82) is 0 Å². The van der Waals surface area contributed by atoms with Gasteiger partial charge in [-0.05, 0) is 54.4 Å². The molecule has 3 aromatic rings. The van der Waals surface area contributed by atoms with Gasteiger partial charge in [0.1, 0.15) is 17.5 Å². The molecule has 0 aliphatic carbocycles. The molecule has 0 aliphatic rings. The molecule has 9 heteroatoms. The zero-order valence-corrected chi connectivity index (χ0v) is 19.1. The number of anilines is 1. The van der Waals surface area contributed by atoms with E-state index >= 15 is 0 Å². The summed E-state index contributed by atoms with van der Waals surface area (Å²) in [6.45, 7) is 0. The lowest BCUT2D eigenvalue weighted by atomic mass is 10.1. The number of carbonyl (C=O) groups is 1. The van der Waals surface area contributed by atoms with E-state index in [1.807, 2.05) is 30.3 Å². The molecule has 3 aromatic carbocycles. The van der Waals surface area contributed by atoms with Gasteiger partial charge in [0.05, 0.1) is 24.1 Å². The normalized spacial score (nSPS) is 12.1. The lowest BCUT2D eigenvalue weighted by molar-refractivity contribution is -0.117. The maximum atomic E-state index is 13.1. The molecule has 1 atom stereocenters. The SMILES string of the molecule is COc1ccc(S(=O)(=O)NC(Cc2ccccc2)C(=O)Nc2ccc(OC)c(Cl)c2)cc1. The molecule has 0 aliphatic heterocycles. The van der Waals surface area contributed by atoms with Gasteiger partial charge < -0.3 is 14.8 Å². The van der Waals surface area contributed by atoms with Crippen LogP contribution in [0.25, 0.3) is 0 Å². The fourth-order valence-corrected chi connectivity index (χ4v) is 4.47. The minimum absolute atomic E-state index is 0.0247. The Morgan fingerprint density at radius 2 is 1.66 bits per heavy atom. The first kappa shape index (κ1) is 23.6. The summed E-state index contributed by atoms with van der Waals surface area (Å²) in [6, 6.07) is 18.8. The molecule has 0 fully saturated rings. The minimum atomic E-state index is -3.97. The van der Waals surface area contributed by atoms with Gasteiger partial charge >= 0.3 is 0 Å². The van der Waals surface area contributed by atoms with Crippen molar-refractivity contribution in [3.8, 4) is 11.5 Å². The van der Waals surface area contributed by atoms with Crippen LogP contribution in [0, 0.1) is 0 Å². The first-order chi connectivity index (χ1) is 15.3. The molecule has 168 valence electrons. The molecular weight excluding hydrogens is 452 g/mol. The van der Waals surface area contributed by atoms with E-state index in [1.54, 1.807) is 24.3 Å². The Hall–Kier alpha value is -3.07. The van der Waals surface area contributed by atoms with Gasteiger partial charge in [-0.2, -0.15) is 4.72 Å². The number of benzene rings is 3. The third-order valence-corrected chi connectivity index (χ3v) is 6.47. The summed E-state index contributed by atoms with van der Waals surface area (Å²) in [5, 5.41) is 3.04. The summed E-state index contributed by atoms with van der Waals surface area (Å²) >= 11 is 6.14. The number of sulfonamides is 1. The number of hydrogen-bond acceptors (Lipinski definition) is 5. The smallest absolute Gasteiger partial charge is 0.242 e. The van der Waals surface area contributed by atoms with Crippen molar-refractivity contribution in [3.63, 3.8) is 0 Å². The molecule has 2 N–H and O–H groups in total. The molecule has 0 aromatic heterocycles. The Morgan fingerprint density at radius 3 is 2.25 bits per heavy atom. The van der Waals surface area contributed by atoms with Gasteiger partial charge in [0.2, 0.25) is 15.9 Å². The highest BCUT2D eigenvalue weighted by atomic mass is 35.5. The molecule has 0 saturated carbocycles. The molecule has 0 bridgehead atoms. The van der Waals surface area contributed by atoms with Crippen molar-refractivity contribution < 1.29 is 22.7 Å². The van der Waals surface area contributed by atoms with E-state index < -0.39 is 22.0 Å². The standard InChI is InChI=1S/C23H23ClN2O5S/c1-30-18-9-11-19(12-10-18)32(28,29)26-21(14-16-6-4-3-5-7-16)23(27)25-17-8-13-22(31-2)20(24)15-17/h3-13,15,21,26H,14H2,1-2H3,(H,25,27). The monoisotopic (exact) mass is 474 g/mol. The Labute approximate surface area is 192 Å². The van der Waals surface area contributed by atoms with Gasteiger partial charge in [0.25, 0.3) is 0 Å². The minimum Gasteiger partial charge on any atom is -0.497 e.